The summed E-state index contributed by atoms with van der Waals surface area (Å²) >= 11 is 0. The lowest BCUT2D eigenvalue weighted by Crippen LogP contribution is -2.08. The molecule has 6 nitrogen and oxygen atoms in total. The van der Waals surface area contributed by atoms with Gasteiger partial charge in [-0.05, 0) is 42.0 Å². The Morgan fingerprint density at radius 1 is 1.07 bits per heavy atom. The summed E-state index contributed by atoms with van der Waals surface area (Å²) < 4.78 is 21.5. The highest BCUT2D eigenvalue weighted by molar-refractivity contribution is 6.11. The van der Waals surface area contributed by atoms with E-state index in [-0.39, 0.29) is 11.6 Å². The summed E-state index contributed by atoms with van der Waals surface area (Å²) in [5.74, 6) is 1.67. The first-order chi connectivity index (χ1) is 13.2. The van der Waals surface area contributed by atoms with Crippen molar-refractivity contribution in [2.45, 2.75) is 0 Å². The molecule has 0 bridgehead atoms. The van der Waals surface area contributed by atoms with Crippen LogP contribution in [0.2, 0.25) is 0 Å². The van der Waals surface area contributed by atoms with Crippen molar-refractivity contribution in [2.24, 2.45) is 4.99 Å². The smallest absolute Gasteiger partial charge is 0.363 e. The van der Waals surface area contributed by atoms with Gasteiger partial charge < -0.3 is 18.9 Å². The first-order valence-electron chi connectivity index (χ1n) is 8.35. The number of fused-ring (bicyclic) bond motifs is 1. The van der Waals surface area contributed by atoms with Crippen LogP contribution in [-0.2, 0) is 9.53 Å². The number of hydrogen-bond donors (Lipinski definition) is 0. The molecule has 0 aliphatic carbocycles. The summed E-state index contributed by atoms with van der Waals surface area (Å²) in [6.45, 7) is 0.370. The molecule has 2 heterocycles. The van der Waals surface area contributed by atoms with Gasteiger partial charge in [-0.25, -0.2) is 9.79 Å². The van der Waals surface area contributed by atoms with Crippen LogP contribution in [0.5, 0.6) is 17.2 Å². The quantitative estimate of drug-likeness (QED) is 0.615. The van der Waals surface area contributed by atoms with E-state index in [1.54, 1.807) is 38.5 Å². The van der Waals surface area contributed by atoms with E-state index < -0.39 is 5.97 Å². The molecule has 2 aliphatic rings. The molecule has 0 radical (unpaired) electrons. The number of hydrogen-bond acceptors (Lipinski definition) is 6. The average Bonchev–Trinajstić information content (AvgIpc) is 3.07. The second-order valence-corrected chi connectivity index (χ2v) is 5.95. The Kier molecular flexibility index (Phi) is 4.38. The van der Waals surface area contributed by atoms with Gasteiger partial charge >= 0.3 is 5.97 Å². The molecule has 6 heteroatoms. The van der Waals surface area contributed by atoms with Crippen LogP contribution in [0, 0.1) is 0 Å². The number of esters is 1. The number of benzene rings is 2. The van der Waals surface area contributed by atoms with E-state index in [4.69, 9.17) is 18.9 Å². The number of rotatable bonds is 4. The Bertz CT molecular complexity index is 1000. The van der Waals surface area contributed by atoms with Gasteiger partial charge in [0.1, 0.15) is 12.4 Å². The standard InChI is InChI=1S/C21H17NO5/c1-24-18-8-7-15(11-19(18)25-2)20-22-16(21(23)27-20)10-13-9-14-5-3-4-6-17(14)26-12-13/h3-11H,12H2,1-2H3. The number of para-hydroxylation sites is 1. The molecule has 0 aromatic heterocycles. The normalized spacial score (nSPS) is 16.8. The molecule has 0 fully saturated rings. The maximum absolute atomic E-state index is 12.2. The number of methoxy groups -OCH3 is 2. The Hall–Kier alpha value is -3.54. The van der Waals surface area contributed by atoms with Crippen molar-refractivity contribution in [2.75, 3.05) is 20.8 Å². The minimum atomic E-state index is -0.500. The van der Waals surface area contributed by atoms with Gasteiger partial charge in [0.2, 0.25) is 5.90 Å². The van der Waals surface area contributed by atoms with Crippen molar-refractivity contribution in [1.82, 2.24) is 0 Å². The molecule has 0 atom stereocenters. The Labute approximate surface area is 156 Å². The highest BCUT2D eigenvalue weighted by atomic mass is 16.6. The summed E-state index contributed by atoms with van der Waals surface area (Å²) in [4.78, 5) is 16.6. The molecule has 2 aromatic rings. The molecule has 0 spiro atoms. The number of ether oxygens (including phenoxy) is 4. The molecule has 136 valence electrons. The van der Waals surface area contributed by atoms with Gasteiger partial charge in [0.15, 0.2) is 17.2 Å². The van der Waals surface area contributed by atoms with Crippen LogP contribution in [0.1, 0.15) is 11.1 Å². The SMILES string of the molecule is COc1ccc(C2=NC(=CC3=Cc4ccccc4OC3)C(=O)O2)cc1OC. The van der Waals surface area contributed by atoms with E-state index in [1.165, 1.54) is 0 Å². The fourth-order valence-electron chi connectivity index (χ4n) is 2.89. The minimum absolute atomic E-state index is 0.227. The van der Waals surface area contributed by atoms with Crippen molar-refractivity contribution in [3.8, 4) is 17.2 Å². The molecule has 27 heavy (non-hydrogen) atoms. The third kappa shape index (κ3) is 3.29. The van der Waals surface area contributed by atoms with Crippen molar-refractivity contribution in [3.63, 3.8) is 0 Å². The van der Waals surface area contributed by atoms with Gasteiger partial charge in [-0.15, -0.1) is 0 Å². The second-order valence-electron chi connectivity index (χ2n) is 5.95. The summed E-state index contributed by atoms with van der Waals surface area (Å²) in [6, 6.07) is 12.9. The average molecular weight is 363 g/mol. The van der Waals surface area contributed by atoms with Gasteiger partial charge in [0.05, 0.1) is 14.2 Å². The monoisotopic (exact) mass is 363 g/mol. The van der Waals surface area contributed by atoms with Gasteiger partial charge in [0.25, 0.3) is 0 Å². The summed E-state index contributed by atoms with van der Waals surface area (Å²) in [7, 11) is 3.10. The first-order valence-corrected chi connectivity index (χ1v) is 8.35. The number of aliphatic imine (C=N–C) groups is 1. The zero-order chi connectivity index (χ0) is 18.8. The topological polar surface area (TPSA) is 66.4 Å². The first kappa shape index (κ1) is 16.9. The fourth-order valence-corrected chi connectivity index (χ4v) is 2.89. The zero-order valence-electron chi connectivity index (χ0n) is 14.9. The van der Waals surface area contributed by atoms with Crippen molar-refractivity contribution >= 4 is 17.9 Å². The number of carbonyl (C=O) groups excluding carboxylic acids is 1. The van der Waals surface area contributed by atoms with E-state index in [1.807, 2.05) is 30.3 Å². The van der Waals surface area contributed by atoms with Crippen molar-refractivity contribution < 1.29 is 23.7 Å². The largest absolute Gasteiger partial charge is 0.493 e. The van der Waals surface area contributed by atoms with Gasteiger partial charge in [-0.2, -0.15) is 0 Å². The molecular formula is C21H17NO5. The van der Waals surface area contributed by atoms with Crippen LogP contribution in [0.15, 0.2) is 64.8 Å². The third-order valence-corrected chi connectivity index (χ3v) is 4.23. The highest BCUT2D eigenvalue weighted by Crippen LogP contribution is 2.30. The highest BCUT2D eigenvalue weighted by Gasteiger charge is 2.25. The number of cyclic esters (lactones) is 1. The third-order valence-electron chi connectivity index (χ3n) is 4.23. The summed E-state index contributed by atoms with van der Waals surface area (Å²) in [5, 5.41) is 0. The predicted octanol–water partition coefficient (Wildman–Crippen LogP) is 3.37. The predicted molar refractivity (Wildman–Crippen MR) is 100 cm³/mol. The Morgan fingerprint density at radius 3 is 2.70 bits per heavy atom. The summed E-state index contributed by atoms with van der Waals surface area (Å²) in [6.07, 6.45) is 3.66. The molecule has 0 N–H and O–H groups in total. The minimum Gasteiger partial charge on any atom is -0.493 e. The lowest BCUT2D eigenvalue weighted by atomic mass is 10.1. The lowest BCUT2D eigenvalue weighted by molar-refractivity contribution is -0.130. The van der Waals surface area contributed by atoms with Crippen LogP contribution in [0.3, 0.4) is 0 Å². The zero-order valence-corrected chi connectivity index (χ0v) is 14.9. The van der Waals surface area contributed by atoms with Crippen LogP contribution < -0.4 is 14.2 Å². The fraction of sp³-hybridized carbons (Fsp3) is 0.143. The summed E-state index contributed by atoms with van der Waals surface area (Å²) in [5.41, 5.74) is 2.67. The number of carbonyl (C=O) groups is 1. The van der Waals surface area contributed by atoms with Gasteiger partial charge in [0, 0.05) is 11.1 Å². The van der Waals surface area contributed by atoms with E-state index in [0.29, 0.717) is 23.7 Å². The molecular weight excluding hydrogens is 346 g/mol. The number of nitrogens with zero attached hydrogens (tertiary/aromatic N) is 1. The second kappa shape index (κ2) is 6.99. The van der Waals surface area contributed by atoms with Gasteiger partial charge in [-0.1, -0.05) is 18.2 Å². The van der Waals surface area contributed by atoms with Crippen LogP contribution in [-0.4, -0.2) is 32.7 Å². The van der Waals surface area contributed by atoms with E-state index in [2.05, 4.69) is 4.99 Å². The maximum Gasteiger partial charge on any atom is 0.363 e. The molecule has 0 saturated carbocycles. The molecule has 0 saturated heterocycles. The lowest BCUT2D eigenvalue weighted by Gasteiger charge is -2.15. The van der Waals surface area contributed by atoms with Crippen molar-refractivity contribution in [1.29, 1.82) is 0 Å². The van der Waals surface area contributed by atoms with Crippen LogP contribution >= 0.6 is 0 Å². The van der Waals surface area contributed by atoms with Crippen LogP contribution in [0.4, 0.5) is 0 Å². The molecule has 0 unspecified atom stereocenters. The van der Waals surface area contributed by atoms with E-state index in [9.17, 15) is 4.79 Å². The van der Waals surface area contributed by atoms with Crippen molar-refractivity contribution in [3.05, 3.63) is 70.9 Å². The maximum atomic E-state index is 12.2. The van der Waals surface area contributed by atoms with E-state index >= 15 is 0 Å². The van der Waals surface area contributed by atoms with Crippen LogP contribution in [0.25, 0.3) is 6.08 Å². The Morgan fingerprint density at radius 2 is 1.89 bits per heavy atom. The van der Waals surface area contributed by atoms with E-state index in [0.717, 1.165) is 16.9 Å². The molecule has 2 aliphatic heterocycles. The van der Waals surface area contributed by atoms with Gasteiger partial charge in [-0.3, -0.25) is 0 Å². The molecule has 2 aromatic carbocycles. The Balaban J connectivity index is 1.64. The molecule has 4 rings (SSSR count). The molecule has 0 amide bonds.